The zero-order chi connectivity index (χ0) is 18.7. The number of rotatable bonds is 4. The first kappa shape index (κ1) is 18.6. The van der Waals surface area contributed by atoms with E-state index in [1.807, 2.05) is 24.3 Å². The molecule has 140 valence electrons. The number of nitrogens with zero attached hydrogens (tertiary/aromatic N) is 1. The second-order valence-electron chi connectivity index (χ2n) is 6.20. The largest absolute Gasteiger partial charge is 0.462 e. The van der Waals surface area contributed by atoms with E-state index in [1.54, 1.807) is 6.92 Å². The number of hydrogen-bond donors (Lipinski definition) is 3. The van der Waals surface area contributed by atoms with Gasteiger partial charge in [0.25, 0.3) is 0 Å². The Labute approximate surface area is 155 Å². The number of fused-ring (bicyclic) bond motifs is 1. The van der Waals surface area contributed by atoms with Crippen molar-refractivity contribution in [3.63, 3.8) is 0 Å². The predicted octanol–water partition coefficient (Wildman–Crippen LogP) is 2.29. The van der Waals surface area contributed by atoms with E-state index < -0.39 is 12.1 Å². The van der Waals surface area contributed by atoms with E-state index in [0.29, 0.717) is 23.5 Å². The molecule has 0 spiro atoms. The van der Waals surface area contributed by atoms with Gasteiger partial charge in [-0.1, -0.05) is 18.2 Å². The fourth-order valence-corrected chi connectivity index (χ4v) is 4.13. The molecule has 0 aliphatic carbocycles. The van der Waals surface area contributed by atoms with Crippen molar-refractivity contribution in [2.75, 3.05) is 31.6 Å². The number of hydrogen-bond acceptors (Lipinski definition) is 6. The Morgan fingerprint density at radius 2 is 2.15 bits per heavy atom. The van der Waals surface area contributed by atoms with E-state index >= 15 is 0 Å². The second kappa shape index (κ2) is 8.03. The Morgan fingerprint density at radius 3 is 2.85 bits per heavy atom. The number of benzene rings is 1. The van der Waals surface area contributed by atoms with Gasteiger partial charge in [-0.15, -0.1) is 11.3 Å². The smallest absolute Gasteiger partial charge is 0.350 e. The van der Waals surface area contributed by atoms with Gasteiger partial charge >= 0.3 is 12.0 Å². The normalized spacial score (nSPS) is 20.2. The molecule has 8 heteroatoms. The number of amides is 2. The highest BCUT2D eigenvalue weighted by Gasteiger charge is 2.31. The van der Waals surface area contributed by atoms with E-state index in [-0.39, 0.29) is 31.7 Å². The first-order chi connectivity index (χ1) is 12.5. The summed E-state index contributed by atoms with van der Waals surface area (Å²) in [6.07, 6.45) is -0.233. The van der Waals surface area contributed by atoms with Crippen LogP contribution >= 0.6 is 11.3 Å². The summed E-state index contributed by atoms with van der Waals surface area (Å²) in [6, 6.07) is 7.06. The van der Waals surface area contributed by atoms with E-state index in [9.17, 15) is 19.8 Å². The second-order valence-corrected chi connectivity index (χ2v) is 7.25. The van der Waals surface area contributed by atoms with Crippen LogP contribution in [0.2, 0.25) is 0 Å². The number of thiophene rings is 1. The van der Waals surface area contributed by atoms with Gasteiger partial charge < -0.3 is 25.2 Å². The van der Waals surface area contributed by atoms with Crippen molar-refractivity contribution in [3.8, 4) is 0 Å². The van der Waals surface area contributed by atoms with Crippen LogP contribution in [-0.2, 0) is 4.74 Å². The van der Waals surface area contributed by atoms with Gasteiger partial charge in [0.15, 0.2) is 0 Å². The topological polar surface area (TPSA) is 99.1 Å². The lowest BCUT2D eigenvalue weighted by Crippen LogP contribution is -2.49. The molecule has 3 N–H and O–H groups in total. The van der Waals surface area contributed by atoms with Crippen LogP contribution in [0.15, 0.2) is 24.3 Å². The summed E-state index contributed by atoms with van der Waals surface area (Å²) in [7, 11) is 0. The molecule has 0 saturated carbocycles. The van der Waals surface area contributed by atoms with Gasteiger partial charge in [-0.05, 0) is 19.4 Å². The first-order valence-electron chi connectivity index (χ1n) is 8.58. The SMILES string of the molecule is CCOC(=O)c1sc2ccccc2c1NC(=O)N1CC[C@@H](CO)[C@H](O)C1. The summed E-state index contributed by atoms with van der Waals surface area (Å²) in [5, 5.41) is 22.9. The molecular formula is C18H22N2O5S. The summed E-state index contributed by atoms with van der Waals surface area (Å²) in [5.74, 6) is -0.681. The van der Waals surface area contributed by atoms with Crippen molar-refractivity contribution in [1.82, 2.24) is 4.90 Å². The monoisotopic (exact) mass is 378 g/mol. The number of esters is 1. The van der Waals surface area contributed by atoms with Crippen molar-refractivity contribution in [2.24, 2.45) is 5.92 Å². The third kappa shape index (κ3) is 3.67. The predicted molar refractivity (Wildman–Crippen MR) is 99.6 cm³/mol. The maximum atomic E-state index is 12.7. The van der Waals surface area contributed by atoms with E-state index in [1.165, 1.54) is 16.2 Å². The number of likely N-dealkylation sites (tertiary alicyclic amines) is 1. The number of carbonyl (C=O) groups is 2. The van der Waals surface area contributed by atoms with Crippen LogP contribution in [0.5, 0.6) is 0 Å². The number of ether oxygens (including phenoxy) is 1. The Kier molecular flexibility index (Phi) is 5.75. The quantitative estimate of drug-likeness (QED) is 0.709. The number of piperidine rings is 1. The van der Waals surface area contributed by atoms with Gasteiger partial charge in [-0.3, -0.25) is 0 Å². The summed E-state index contributed by atoms with van der Waals surface area (Å²) in [4.78, 5) is 26.8. The van der Waals surface area contributed by atoms with Crippen LogP contribution in [0.4, 0.5) is 10.5 Å². The molecule has 0 bridgehead atoms. The minimum absolute atomic E-state index is 0.0984. The third-order valence-electron chi connectivity index (χ3n) is 4.53. The molecular weight excluding hydrogens is 356 g/mol. The van der Waals surface area contributed by atoms with Crippen LogP contribution in [0.25, 0.3) is 10.1 Å². The number of aliphatic hydroxyl groups excluding tert-OH is 2. The fraction of sp³-hybridized carbons (Fsp3) is 0.444. The maximum Gasteiger partial charge on any atom is 0.350 e. The first-order valence-corrected chi connectivity index (χ1v) is 9.40. The van der Waals surface area contributed by atoms with Crippen molar-refractivity contribution < 1.29 is 24.5 Å². The standard InChI is InChI=1S/C18H22N2O5S/c1-2-25-17(23)16-15(12-5-3-4-6-14(12)26-16)19-18(24)20-8-7-11(10-21)13(22)9-20/h3-6,11,13,21-22H,2,7-10H2,1H3,(H,19,24)/t11-,13+/m0/s1. The molecule has 26 heavy (non-hydrogen) atoms. The molecule has 1 saturated heterocycles. The molecule has 2 heterocycles. The molecule has 7 nitrogen and oxygen atoms in total. The lowest BCUT2D eigenvalue weighted by Gasteiger charge is -2.35. The van der Waals surface area contributed by atoms with Crippen molar-refractivity contribution >= 4 is 39.1 Å². The van der Waals surface area contributed by atoms with Crippen LogP contribution in [0.3, 0.4) is 0 Å². The van der Waals surface area contributed by atoms with Crippen molar-refractivity contribution in [2.45, 2.75) is 19.4 Å². The number of anilines is 1. The minimum Gasteiger partial charge on any atom is -0.462 e. The average Bonchev–Trinajstić information content (AvgIpc) is 3.00. The average molecular weight is 378 g/mol. The van der Waals surface area contributed by atoms with Gasteiger partial charge in [0, 0.05) is 35.7 Å². The van der Waals surface area contributed by atoms with Gasteiger partial charge in [0.05, 0.1) is 18.4 Å². The highest BCUT2D eigenvalue weighted by molar-refractivity contribution is 7.21. The molecule has 3 rings (SSSR count). The maximum absolute atomic E-state index is 12.7. The van der Waals surface area contributed by atoms with Gasteiger partial charge in [-0.25, -0.2) is 9.59 Å². The number of urea groups is 1. The summed E-state index contributed by atoms with van der Waals surface area (Å²) < 4.78 is 5.99. The van der Waals surface area contributed by atoms with E-state index in [4.69, 9.17) is 4.74 Å². The molecule has 2 aromatic rings. The molecule has 1 aliphatic heterocycles. The number of aliphatic hydroxyl groups is 2. The molecule has 1 aromatic carbocycles. The minimum atomic E-state index is -0.761. The number of β-amino-alcohol motifs (C(OH)–C–C–N with tert-alkyl or cyclic N) is 1. The van der Waals surface area contributed by atoms with Crippen LogP contribution in [0.1, 0.15) is 23.0 Å². The van der Waals surface area contributed by atoms with E-state index in [2.05, 4.69) is 5.32 Å². The Morgan fingerprint density at radius 1 is 1.38 bits per heavy atom. The Hall–Kier alpha value is -2.16. The summed E-state index contributed by atoms with van der Waals surface area (Å²) in [5.41, 5.74) is 0.438. The number of nitrogens with one attached hydrogen (secondary N) is 1. The molecule has 1 fully saturated rings. The summed E-state index contributed by atoms with van der Waals surface area (Å²) >= 11 is 1.27. The highest BCUT2D eigenvalue weighted by Crippen LogP contribution is 2.36. The van der Waals surface area contributed by atoms with E-state index in [0.717, 1.165) is 10.1 Å². The van der Waals surface area contributed by atoms with Crippen LogP contribution < -0.4 is 5.32 Å². The third-order valence-corrected chi connectivity index (χ3v) is 5.68. The van der Waals surface area contributed by atoms with Gasteiger partial charge in [0.2, 0.25) is 0 Å². The van der Waals surface area contributed by atoms with Crippen molar-refractivity contribution in [1.29, 1.82) is 0 Å². The van der Waals surface area contributed by atoms with Gasteiger partial charge in [0.1, 0.15) is 4.88 Å². The molecule has 0 radical (unpaired) electrons. The number of carbonyl (C=O) groups excluding carboxylic acids is 2. The highest BCUT2D eigenvalue weighted by atomic mass is 32.1. The van der Waals surface area contributed by atoms with Crippen LogP contribution in [0, 0.1) is 5.92 Å². The summed E-state index contributed by atoms with van der Waals surface area (Å²) in [6.45, 7) is 2.47. The molecule has 0 unspecified atom stereocenters. The van der Waals surface area contributed by atoms with Crippen LogP contribution in [-0.4, -0.2) is 59.5 Å². The lowest BCUT2D eigenvalue weighted by atomic mass is 9.95. The van der Waals surface area contributed by atoms with Gasteiger partial charge in [-0.2, -0.15) is 0 Å². The Bertz CT molecular complexity index is 806. The Balaban J connectivity index is 1.84. The van der Waals surface area contributed by atoms with Crippen molar-refractivity contribution in [3.05, 3.63) is 29.1 Å². The fourth-order valence-electron chi connectivity index (χ4n) is 3.07. The zero-order valence-corrected chi connectivity index (χ0v) is 15.3. The molecule has 2 atom stereocenters. The molecule has 1 aromatic heterocycles. The molecule has 2 amide bonds. The molecule has 1 aliphatic rings. The zero-order valence-electron chi connectivity index (χ0n) is 14.5. The lowest BCUT2D eigenvalue weighted by molar-refractivity contribution is 0.0123.